The van der Waals surface area contributed by atoms with Crippen LogP contribution in [0.1, 0.15) is 22.3 Å². The molecule has 5 nitrogen and oxygen atoms in total. The highest BCUT2D eigenvalue weighted by Crippen LogP contribution is 2.20. The highest BCUT2D eigenvalue weighted by atomic mass is 127. The molecule has 0 bridgehead atoms. The van der Waals surface area contributed by atoms with Gasteiger partial charge in [0.15, 0.2) is 0 Å². The summed E-state index contributed by atoms with van der Waals surface area (Å²) >= 11 is 2.18. The molecule has 0 spiro atoms. The van der Waals surface area contributed by atoms with Crippen molar-refractivity contribution in [1.29, 1.82) is 0 Å². The van der Waals surface area contributed by atoms with Crippen LogP contribution in [-0.2, 0) is 25.2 Å². The van der Waals surface area contributed by atoms with Crippen LogP contribution in [0.5, 0.6) is 0 Å². The van der Waals surface area contributed by atoms with Crippen LogP contribution in [0.4, 0.5) is 0 Å². The van der Waals surface area contributed by atoms with Crippen molar-refractivity contribution < 1.29 is 23.5 Å². The Morgan fingerprint density at radius 2 is 1.77 bits per heavy atom. The van der Waals surface area contributed by atoms with Gasteiger partial charge >= 0.3 is 5.97 Å². The molecule has 22 heavy (non-hydrogen) atoms. The van der Waals surface area contributed by atoms with Crippen molar-refractivity contribution in [2.75, 3.05) is 40.1 Å². The Hall–Kier alpha value is -0.270. The van der Waals surface area contributed by atoms with Gasteiger partial charge in [0, 0.05) is 6.61 Å². The summed E-state index contributed by atoms with van der Waals surface area (Å²) in [5, 5.41) is 0. The summed E-state index contributed by atoms with van der Waals surface area (Å²) in [5.74, 6) is -0.292. The Morgan fingerprint density at radius 3 is 2.50 bits per heavy atom. The molecule has 124 valence electrons. The molecule has 0 N–H and O–H groups in total. The van der Waals surface area contributed by atoms with Gasteiger partial charge in [-0.25, -0.2) is 4.79 Å². The quantitative estimate of drug-likeness (QED) is 0.216. The Morgan fingerprint density at radius 1 is 1.09 bits per heavy atom. The van der Waals surface area contributed by atoms with Crippen LogP contribution in [0.25, 0.3) is 0 Å². The maximum Gasteiger partial charge on any atom is 0.338 e. The third-order valence-electron chi connectivity index (χ3n) is 2.91. The second-order valence-corrected chi connectivity index (χ2v) is 6.17. The predicted molar refractivity (Wildman–Crippen MR) is 96.0 cm³/mol. The molecule has 7 heteroatoms. The Labute approximate surface area is 146 Å². The first-order valence-corrected chi connectivity index (χ1v) is 11.1. The molecule has 1 unspecified atom stereocenters. The molecule has 1 atom stereocenters. The van der Waals surface area contributed by atoms with Crippen LogP contribution in [0, 0.1) is 0 Å². The van der Waals surface area contributed by atoms with Gasteiger partial charge in [0.1, 0.15) is 0 Å². The lowest BCUT2D eigenvalue weighted by Gasteiger charge is -2.08. The summed E-state index contributed by atoms with van der Waals surface area (Å²) in [5.41, 5.74) is 1.62. The number of esters is 1. The van der Waals surface area contributed by atoms with Gasteiger partial charge in [0.2, 0.25) is 0 Å². The minimum atomic E-state index is -0.292. The van der Waals surface area contributed by atoms with Crippen LogP contribution in [0.3, 0.4) is 0 Å². The van der Waals surface area contributed by atoms with Crippen molar-refractivity contribution in [1.82, 2.24) is 0 Å². The molecule has 1 aromatic carbocycles. The van der Waals surface area contributed by atoms with Gasteiger partial charge in [-0.2, -0.15) is 0 Å². The van der Waals surface area contributed by atoms with Crippen LogP contribution < -0.4 is 0 Å². The summed E-state index contributed by atoms with van der Waals surface area (Å²) in [4.78, 5) is 11.6. The van der Waals surface area contributed by atoms with Gasteiger partial charge < -0.3 is 18.7 Å². The Bertz CT molecular complexity index is 430. The lowest BCUT2D eigenvalue weighted by molar-refractivity contribution is 0.0377. The number of ether oxygens (including phenoxy) is 3. The monoisotopic (exact) mass is 440 g/mol. The second-order valence-electron chi connectivity index (χ2n) is 4.40. The van der Waals surface area contributed by atoms with E-state index < -0.39 is 0 Å². The summed E-state index contributed by atoms with van der Waals surface area (Å²) in [6.45, 7) is 3.51. The topological polar surface area (TPSA) is 54.0 Å². The first kappa shape index (κ1) is 19.8. The molecule has 1 rings (SSSR count). The molecule has 0 amide bonds. The van der Waals surface area contributed by atoms with Crippen molar-refractivity contribution >= 4 is 34.5 Å². The molecular formula is C15H22IO5P. The van der Waals surface area contributed by atoms with E-state index in [-0.39, 0.29) is 5.97 Å². The number of carbonyl (C=O) groups excluding carboxylic acids is 1. The van der Waals surface area contributed by atoms with E-state index >= 15 is 0 Å². The predicted octanol–water partition coefficient (Wildman–Crippen LogP) is 3.40. The fourth-order valence-corrected chi connectivity index (χ4v) is 2.69. The molecule has 1 aromatic rings. The fraction of sp³-hybridized carbons (Fsp3) is 0.533. The van der Waals surface area contributed by atoms with Gasteiger partial charge in [-0.1, -0.05) is 18.2 Å². The normalized spacial score (nSPS) is 11.2. The maximum atomic E-state index is 11.6. The van der Waals surface area contributed by atoms with Crippen molar-refractivity contribution in [3.8, 4) is 0 Å². The van der Waals surface area contributed by atoms with Crippen LogP contribution in [0.2, 0.25) is 0 Å². The minimum Gasteiger partial charge on any atom is -0.465 e. The van der Waals surface area contributed by atoms with Crippen molar-refractivity contribution in [3.63, 3.8) is 0 Å². The average Bonchev–Trinajstić information content (AvgIpc) is 2.56. The van der Waals surface area contributed by atoms with Gasteiger partial charge in [0.05, 0.1) is 45.6 Å². The van der Waals surface area contributed by atoms with E-state index in [0.29, 0.717) is 45.0 Å². The molecule has 0 aromatic heterocycles. The lowest BCUT2D eigenvalue weighted by Crippen LogP contribution is -2.09. The summed E-state index contributed by atoms with van der Waals surface area (Å²) in [6, 6.07) is 7.50. The van der Waals surface area contributed by atoms with E-state index in [0.717, 1.165) is 18.4 Å². The first-order valence-electron chi connectivity index (χ1n) is 7.08. The van der Waals surface area contributed by atoms with E-state index in [1.807, 2.05) is 18.2 Å². The number of hydrogen-bond donors (Lipinski definition) is 0. The Balaban J connectivity index is 2.11. The van der Waals surface area contributed by atoms with Crippen molar-refractivity contribution in [2.24, 2.45) is 0 Å². The fourth-order valence-electron chi connectivity index (χ4n) is 1.87. The van der Waals surface area contributed by atoms with Crippen LogP contribution in [-0.4, -0.2) is 46.1 Å². The SMILES string of the molecule is COC(=O)c1ccccc1CCCOCCOCCOPI. The second kappa shape index (κ2) is 13.2. The highest BCUT2D eigenvalue weighted by molar-refractivity contribution is 14.2. The number of halogens is 1. The summed E-state index contributed by atoms with van der Waals surface area (Å²) in [7, 11) is 1.40. The van der Waals surface area contributed by atoms with Gasteiger partial charge in [-0.3, -0.25) is 0 Å². The number of rotatable bonds is 12. The van der Waals surface area contributed by atoms with E-state index in [9.17, 15) is 4.79 Å². The highest BCUT2D eigenvalue weighted by Gasteiger charge is 2.10. The number of hydrogen-bond acceptors (Lipinski definition) is 5. The lowest BCUT2D eigenvalue weighted by atomic mass is 10.0. The van der Waals surface area contributed by atoms with Gasteiger partial charge in [-0.05, 0) is 46.5 Å². The van der Waals surface area contributed by atoms with E-state index in [1.165, 1.54) is 7.11 Å². The molecule has 0 aliphatic carbocycles. The van der Waals surface area contributed by atoms with Gasteiger partial charge in [-0.15, -0.1) is 0 Å². The Kier molecular flexibility index (Phi) is 11.9. The minimum absolute atomic E-state index is 0.292. The maximum absolute atomic E-state index is 11.6. The van der Waals surface area contributed by atoms with Gasteiger partial charge in [0.25, 0.3) is 0 Å². The zero-order chi connectivity index (χ0) is 16.0. The first-order chi connectivity index (χ1) is 10.8. The van der Waals surface area contributed by atoms with E-state index in [2.05, 4.69) is 22.0 Å². The zero-order valence-corrected chi connectivity index (χ0v) is 15.8. The summed E-state index contributed by atoms with van der Waals surface area (Å²) < 4.78 is 20.8. The molecule has 0 radical (unpaired) electrons. The molecule has 0 aliphatic rings. The number of aryl methyl sites for hydroxylation is 1. The van der Waals surface area contributed by atoms with Crippen LogP contribution in [0.15, 0.2) is 24.3 Å². The van der Waals surface area contributed by atoms with Crippen molar-refractivity contribution in [2.45, 2.75) is 12.8 Å². The zero-order valence-electron chi connectivity index (χ0n) is 12.7. The summed E-state index contributed by atoms with van der Waals surface area (Å²) in [6.07, 6.45) is 1.64. The molecule has 0 aliphatic heterocycles. The van der Waals surface area contributed by atoms with E-state index in [4.69, 9.17) is 18.7 Å². The number of carbonyl (C=O) groups is 1. The number of benzene rings is 1. The van der Waals surface area contributed by atoms with Crippen molar-refractivity contribution in [3.05, 3.63) is 35.4 Å². The van der Waals surface area contributed by atoms with Crippen LogP contribution >= 0.6 is 28.5 Å². The molecule has 0 fully saturated rings. The molecule has 0 saturated carbocycles. The average molecular weight is 440 g/mol. The van der Waals surface area contributed by atoms with E-state index in [1.54, 1.807) is 6.07 Å². The third-order valence-corrected chi connectivity index (χ3v) is 4.16. The molecular weight excluding hydrogens is 418 g/mol. The standard InChI is InChI=1S/C15H22IO5P/c1-18-15(17)14-7-3-2-5-13(14)6-4-8-19-9-10-20-11-12-21-22-16/h2-3,5,7,22H,4,6,8-12H2,1H3. The smallest absolute Gasteiger partial charge is 0.338 e. The third kappa shape index (κ3) is 8.39. The molecule has 0 heterocycles. The number of methoxy groups -OCH3 is 1. The largest absolute Gasteiger partial charge is 0.465 e. The molecule has 0 saturated heterocycles.